The molecule has 1 atom stereocenters. The third kappa shape index (κ3) is 3.51. The largest absolute Gasteiger partial charge is 0.497 e. The molecule has 0 aliphatic carbocycles. The number of hydrogen-bond acceptors (Lipinski definition) is 3. The molecule has 0 aliphatic heterocycles. The molecule has 120 valence electrons. The summed E-state index contributed by atoms with van der Waals surface area (Å²) in [6.45, 7) is 0. The van der Waals surface area contributed by atoms with Gasteiger partial charge < -0.3 is 4.74 Å². The molecule has 0 amide bonds. The molecule has 0 saturated carbocycles. The molecule has 2 rings (SSSR count). The number of benzene rings is 2. The standard InChI is InChI=1S/C15H9F4NO2S/c1-22-10-5-9(15(17,18)19)6-11(7-10)23(21)14-4-2-3-13(16)12(14)8-20/h2-7H,1H3. The van der Waals surface area contributed by atoms with Crippen LogP contribution >= 0.6 is 0 Å². The molecule has 0 radical (unpaired) electrons. The van der Waals surface area contributed by atoms with E-state index in [0.717, 1.165) is 18.2 Å². The predicted molar refractivity (Wildman–Crippen MR) is 73.8 cm³/mol. The van der Waals surface area contributed by atoms with Gasteiger partial charge in [0.25, 0.3) is 0 Å². The number of halogens is 4. The van der Waals surface area contributed by atoms with Crippen molar-refractivity contribution < 1.29 is 26.5 Å². The highest BCUT2D eigenvalue weighted by molar-refractivity contribution is 7.85. The Morgan fingerprint density at radius 1 is 1.22 bits per heavy atom. The number of nitriles is 1. The lowest BCUT2D eigenvalue weighted by molar-refractivity contribution is -0.137. The molecule has 23 heavy (non-hydrogen) atoms. The Morgan fingerprint density at radius 2 is 1.91 bits per heavy atom. The van der Waals surface area contributed by atoms with E-state index in [1.54, 1.807) is 6.07 Å². The Kier molecular flexibility index (Phi) is 4.71. The average molecular weight is 343 g/mol. The molecule has 0 bridgehead atoms. The molecule has 0 aromatic heterocycles. The van der Waals surface area contributed by atoms with Crippen LogP contribution < -0.4 is 4.74 Å². The van der Waals surface area contributed by atoms with Gasteiger partial charge in [-0.25, -0.2) is 8.60 Å². The molecule has 8 heteroatoms. The SMILES string of the molecule is COc1cc(S(=O)c2cccc(F)c2C#N)cc(C(F)(F)F)c1. The van der Waals surface area contributed by atoms with E-state index in [0.29, 0.717) is 6.07 Å². The van der Waals surface area contributed by atoms with Crippen LogP contribution in [0.5, 0.6) is 5.75 Å². The summed E-state index contributed by atoms with van der Waals surface area (Å²) in [4.78, 5) is -0.437. The first-order valence-electron chi connectivity index (χ1n) is 6.14. The summed E-state index contributed by atoms with van der Waals surface area (Å²) >= 11 is 0. The van der Waals surface area contributed by atoms with Gasteiger partial charge in [-0.05, 0) is 30.3 Å². The quantitative estimate of drug-likeness (QED) is 0.795. The van der Waals surface area contributed by atoms with Crippen LogP contribution in [0.25, 0.3) is 0 Å². The van der Waals surface area contributed by atoms with Crippen LogP contribution in [0.1, 0.15) is 11.1 Å². The van der Waals surface area contributed by atoms with Gasteiger partial charge in [-0.2, -0.15) is 18.4 Å². The highest BCUT2D eigenvalue weighted by Gasteiger charge is 2.32. The summed E-state index contributed by atoms with van der Waals surface area (Å²) in [6.07, 6.45) is -4.66. The zero-order valence-electron chi connectivity index (χ0n) is 11.6. The van der Waals surface area contributed by atoms with Gasteiger partial charge in [0, 0.05) is 4.90 Å². The van der Waals surface area contributed by atoms with Gasteiger partial charge in [0.1, 0.15) is 23.2 Å². The zero-order valence-corrected chi connectivity index (χ0v) is 12.5. The van der Waals surface area contributed by atoms with E-state index in [1.165, 1.54) is 19.2 Å². The fraction of sp³-hybridized carbons (Fsp3) is 0.133. The van der Waals surface area contributed by atoms with Gasteiger partial charge in [0.15, 0.2) is 0 Å². The lowest BCUT2D eigenvalue weighted by atomic mass is 10.2. The smallest absolute Gasteiger partial charge is 0.416 e. The van der Waals surface area contributed by atoms with Crippen LogP contribution in [0.4, 0.5) is 17.6 Å². The van der Waals surface area contributed by atoms with E-state index in [9.17, 15) is 21.8 Å². The molecule has 0 fully saturated rings. The minimum Gasteiger partial charge on any atom is -0.497 e. The van der Waals surface area contributed by atoms with E-state index in [1.807, 2.05) is 0 Å². The molecular formula is C15H9F4NO2S. The van der Waals surface area contributed by atoms with Gasteiger partial charge in [-0.3, -0.25) is 0 Å². The molecule has 0 N–H and O–H groups in total. The molecule has 0 aliphatic rings. The van der Waals surface area contributed by atoms with Gasteiger partial charge in [-0.1, -0.05) is 6.07 Å². The summed E-state index contributed by atoms with van der Waals surface area (Å²) < 4.78 is 69.5. The summed E-state index contributed by atoms with van der Waals surface area (Å²) in [5.74, 6) is -1.03. The second kappa shape index (κ2) is 6.38. The number of ether oxygens (including phenoxy) is 1. The van der Waals surface area contributed by atoms with Crippen molar-refractivity contribution in [2.24, 2.45) is 0 Å². The highest BCUT2D eigenvalue weighted by Crippen LogP contribution is 2.34. The van der Waals surface area contributed by atoms with E-state index in [2.05, 4.69) is 0 Å². The molecular weight excluding hydrogens is 334 g/mol. The molecule has 2 aromatic carbocycles. The fourth-order valence-electron chi connectivity index (χ4n) is 1.85. The predicted octanol–water partition coefficient (Wildman–Crippen LogP) is 3.89. The normalized spacial score (nSPS) is 12.5. The second-order valence-corrected chi connectivity index (χ2v) is 5.84. The van der Waals surface area contributed by atoms with Crippen LogP contribution in [0.3, 0.4) is 0 Å². The molecule has 1 unspecified atom stereocenters. The van der Waals surface area contributed by atoms with Crippen molar-refractivity contribution in [2.45, 2.75) is 16.0 Å². The van der Waals surface area contributed by atoms with E-state index >= 15 is 0 Å². The van der Waals surface area contributed by atoms with Crippen molar-refractivity contribution in [2.75, 3.05) is 7.11 Å². The number of nitrogens with zero attached hydrogens (tertiary/aromatic N) is 1. The van der Waals surface area contributed by atoms with E-state index in [-0.39, 0.29) is 15.5 Å². The Hall–Kier alpha value is -2.40. The first-order valence-corrected chi connectivity index (χ1v) is 7.29. The van der Waals surface area contributed by atoms with Crippen LogP contribution in [0.2, 0.25) is 0 Å². The third-order valence-electron chi connectivity index (χ3n) is 2.94. The van der Waals surface area contributed by atoms with Crippen LogP contribution in [0, 0.1) is 17.1 Å². The average Bonchev–Trinajstić information content (AvgIpc) is 2.52. The van der Waals surface area contributed by atoms with Crippen molar-refractivity contribution in [1.82, 2.24) is 0 Å². The van der Waals surface area contributed by atoms with Gasteiger partial charge in [0.05, 0.1) is 28.4 Å². The lowest BCUT2D eigenvalue weighted by Gasteiger charge is -2.12. The highest BCUT2D eigenvalue weighted by atomic mass is 32.2. The van der Waals surface area contributed by atoms with Crippen molar-refractivity contribution in [3.63, 3.8) is 0 Å². The van der Waals surface area contributed by atoms with E-state index in [4.69, 9.17) is 10.00 Å². The summed E-state index contributed by atoms with van der Waals surface area (Å²) in [7, 11) is -0.996. The van der Waals surface area contributed by atoms with Gasteiger partial charge >= 0.3 is 6.18 Å². The molecule has 0 heterocycles. The first kappa shape index (κ1) is 17.0. The Bertz CT molecular complexity index is 812. The monoisotopic (exact) mass is 343 g/mol. The molecule has 2 aromatic rings. The number of methoxy groups -OCH3 is 1. The minimum absolute atomic E-state index is 0.141. The maximum absolute atomic E-state index is 13.6. The van der Waals surface area contributed by atoms with Crippen molar-refractivity contribution in [3.8, 4) is 11.8 Å². The van der Waals surface area contributed by atoms with Crippen LogP contribution in [-0.2, 0) is 17.0 Å². The van der Waals surface area contributed by atoms with Crippen molar-refractivity contribution in [1.29, 1.82) is 5.26 Å². The summed E-state index contributed by atoms with van der Waals surface area (Å²) in [5.41, 5.74) is -1.52. The van der Waals surface area contributed by atoms with Crippen molar-refractivity contribution >= 4 is 10.8 Å². The van der Waals surface area contributed by atoms with Crippen LogP contribution in [0.15, 0.2) is 46.2 Å². The lowest BCUT2D eigenvalue weighted by Crippen LogP contribution is -2.07. The van der Waals surface area contributed by atoms with Crippen molar-refractivity contribution in [3.05, 3.63) is 53.3 Å². The maximum Gasteiger partial charge on any atom is 0.416 e. The summed E-state index contributed by atoms with van der Waals surface area (Å²) in [5, 5.41) is 8.95. The minimum atomic E-state index is -4.66. The Balaban J connectivity index is 2.61. The summed E-state index contributed by atoms with van der Waals surface area (Å²) in [6, 6.07) is 7.63. The topological polar surface area (TPSA) is 50.1 Å². The number of alkyl halides is 3. The second-order valence-electron chi connectivity index (χ2n) is 4.39. The van der Waals surface area contributed by atoms with Crippen LogP contribution in [-0.4, -0.2) is 11.3 Å². The molecule has 0 saturated heterocycles. The fourth-order valence-corrected chi connectivity index (χ4v) is 3.10. The first-order chi connectivity index (χ1) is 10.8. The Morgan fingerprint density at radius 3 is 2.48 bits per heavy atom. The van der Waals surface area contributed by atoms with Gasteiger partial charge in [-0.15, -0.1) is 0 Å². The maximum atomic E-state index is 13.6. The number of rotatable bonds is 3. The van der Waals surface area contributed by atoms with E-state index < -0.39 is 33.9 Å². The molecule has 0 spiro atoms. The third-order valence-corrected chi connectivity index (χ3v) is 4.35. The van der Waals surface area contributed by atoms with Gasteiger partial charge in [0.2, 0.25) is 0 Å². The zero-order chi connectivity index (χ0) is 17.2. The number of hydrogen-bond donors (Lipinski definition) is 0. The molecule has 3 nitrogen and oxygen atoms in total. The Labute approximate surface area is 131 Å².